The average molecular weight is 321 g/mol. The second kappa shape index (κ2) is 11.5. The Labute approximate surface area is 148 Å². The molecule has 2 aromatic rings. The Morgan fingerprint density at radius 3 is 1.62 bits per heavy atom. The first-order valence-electron chi connectivity index (χ1n) is 9.02. The van der Waals surface area contributed by atoms with E-state index in [1.54, 1.807) is 0 Å². The molecule has 0 spiro atoms. The van der Waals surface area contributed by atoms with E-state index in [4.69, 9.17) is 0 Å². The van der Waals surface area contributed by atoms with Gasteiger partial charge in [0, 0.05) is 5.92 Å². The molecule has 0 nitrogen and oxygen atoms in total. The molecular weight excluding hydrogens is 288 g/mol. The summed E-state index contributed by atoms with van der Waals surface area (Å²) in [5, 5.41) is 0. The van der Waals surface area contributed by atoms with Crippen molar-refractivity contribution in [1.82, 2.24) is 0 Å². The van der Waals surface area contributed by atoms with Crippen LogP contribution in [0, 0.1) is 5.92 Å². The van der Waals surface area contributed by atoms with Crippen LogP contribution in [0.5, 0.6) is 0 Å². The number of hydrogen-bond donors (Lipinski definition) is 0. The molecule has 0 saturated carbocycles. The lowest BCUT2D eigenvalue weighted by molar-refractivity contribution is 0.785. The van der Waals surface area contributed by atoms with Crippen molar-refractivity contribution in [1.29, 1.82) is 0 Å². The summed E-state index contributed by atoms with van der Waals surface area (Å²) in [4.78, 5) is 0. The van der Waals surface area contributed by atoms with Gasteiger partial charge in [0.25, 0.3) is 0 Å². The lowest BCUT2D eigenvalue weighted by atomic mass is 9.93. The molecule has 0 radical (unpaired) electrons. The Morgan fingerprint density at radius 1 is 0.833 bits per heavy atom. The van der Waals surface area contributed by atoms with Crippen LogP contribution in [-0.4, -0.2) is 0 Å². The molecule has 0 N–H and O–H groups in total. The molecule has 0 unspecified atom stereocenters. The fourth-order valence-corrected chi connectivity index (χ4v) is 2.60. The molecule has 128 valence electrons. The van der Waals surface area contributed by atoms with E-state index in [0.29, 0.717) is 11.8 Å². The third-order valence-electron chi connectivity index (χ3n) is 4.06. The summed E-state index contributed by atoms with van der Waals surface area (Å²) in [5.74, 6) is 1.15. The molecule has 0 fully saturated rings. The molecular formula is C24H32. The Kier molecular flexibility index (Phi) is 9.53. The summed E-state index contributed by atoms with van der Waals surface area (Å²) in [6, 6.07) is 21.2. The maximum Gasteiger partial charge on any atom is 0.00610 e. The highest BCUT2D eigenvalue weighted by molar-refractivity contribution is 5.31. The van der Waals surface area contributed by atoms with Gasteiger partial charge in [-0.15, -0.1) is 0 Å². The van der Waals surface area contributed by atoms with Gasteiger partial charge in [0.1, 0.15) is 0 Å². The number of hydrogen-bond acceptors (Lipinski definition) is 0. The fraction of sp³-hybridized carbons (Fsp3) is 0.333. The van der Waals surface area contributed by atoms with Crippen LogP contribution in [0.3, 0.4) is 0 Å². The largest absolute Gasteiger partial charge is 0.0874 e. The van der Waals surface area contributed by atoms with Crippen LogP contribution in [0.2, 0.25) is 0 Å². The number of allylic oxidation sites excluding steroid dienone is 4. The van der Waals surface area contributed by atoms with Crippen molar-refractivity contribution in [2.24, 2.45) is 5.92 Å². The second-order valence-electron chi connectivity index (χ2n) is 6.31. The van der Waals surface area contributed by atoms with Gasteiger partial charge in [-0.05, 0) is 36.0 Å². The van der Waals surface area contributed by atoms with Crippen LogP contribution >= 0.6 is 0 Å². The summed E-state index contributed by atoms with van der Waals surface area (Å²) in [6.45, 7) is 10.9. The molecule has 2 aromatic carbocycles. The molecule has 0 aliphatic heterocycles. The molecule has 0 heterocycles. The van der Waals surface area contributed by atoms with E-state index in [0.717, 1.165) is 6.42 Å². The van der Waals surface area contributed by atoms with E-state index < -0.39 is 0 Å². The van der Waals surface area contributed by atoms with Crippen molar-refractivity contribution < 1.29 is 0 Å². The van der Waals surface area contributed by atoms with E-state index in [1.165, 1.54) is 16.7 Å². The third-order valence-corrected chi connectivity index (χ3v) is 4.06. The standard InChI is InChI=1S/C14H14.C10H18/c1-12(13-8-4-2-5-9-13)14-10-6-3-7-11-14;1-5-7-10(8-6-2)9(3)4/h2-12H,1H3;5,7-9H,6H2,1-4H3/b;7-5-,10-8+. The monoisotopic (exact) mass is 320 g/mol. The summed E-state index contributed by atoms with van der Waals surface area (Å²) in [6.07, 6.45) is 7.71. The van der Waals surface area contributed by atoms with Gasteiger partial charge in [-0.3, -0.25) is 0 Å². The second-order valence-corrected chi connectivity index (χ2v) is 6.31. The highest BCUT2D eigenvalue weighted by Crippen LogP contribution is 2.22. The van der Waals surface area contributed by atoms with Crippen LogP contribution in [0.15, 0.2) is 84.5 Å². The Morgan fingerprint density at radius 2 is 1.29 bits per heavy atom. The summed E-state index contributed by atoms with van der Waals surface area (Å²) < 4.78 is 0. The van der Waals surface area contributed by atoms with Crippen LogP contribution in [-0.2, 0) is 0 Å². The van der Waals surface area contributed by atoms with E-state index in [2.05, 4.69) is 114 Å². The maximum atomic E-state index is 2.28. The van der Waals surface area contributed by atoms with E-state index in [9.17, 15) is 0 Å². The predicted molar refractivity (Wildman–Crippen MR) is 108 cm³/mol. The topological polar surface area (TPSA) is 0 Å². The van der Waals surface area contributed by atoms with Gasteiger partial charge in [0.05, 0.1) is 0 Å². The molecule has 24 heavy (non-hydrogen) atoms. The SMILES string of the molecule is C/C=C\C(=C/CC)C(C)C.CC(c1ccccc1)c1ccccc1. The quantitative estimate of drug-likeness (QED) is 0.504. The molecule has 0 amide bonds. The Bertz CT molecular complexity index is 564. The van der Waals surface area contributed by atoms with Crippen LogP contribution in [0.1, 0.15) is 58.1 Å². The van der Waals surface area contributed by atoms with E-state index in [1.807, 2.05) is 0 Å². The van der Waals surface area contributed by atoms with Crippen molar-refractivity contribution in [2.45, 2.75) is 47.0 Å². The minimum absolute atomic E-state index is 0.484. The highest BCUT2D eigenvalue weighted by atomic mass is 14.1. The summed E-state index contributed by atoms with van der Waals surface area (Å²) >= 11 is 0. The zero-order valence-corrected chi connectivity index (χ0v) is 15.9. The minimum Gasteiger partial charge on any atom is -0.0874 e. The predicted octanol–water partition coefficient (Wildman–Crippen LogP) is 7.39. The highest BCUT2D eigenvalue weighted by Gasteiger charge is 2.05. The van der Waals surface area contributed by atoms with Gasteiger partial charge in [0.2, 0.25) is 0 Å². The fourth-order valence-electron chi connectivity index (χ4n) is 2.60. The summed E-state index contributed by atoms with van der Waals surface area (Å²) in [7, 11) is 0. The zero-order valence-electron chi connectivity index (χ0n) is 15.9. The van der Waals surface area contributed by atoms with Crippen LogP contribution < -0.4 is 0 Å². The van der Waals surface area contributed by atoms with E-state index >= 15 is 0 Å². The first-order valence-corrected chi connectivity index (χ1v) is 9.02. The lowest BCUT2D eigenvalue weighted by Crippen LogP contribution is -1.94. The first-order chi connectivity index (χ1) is 11.6. The first kappa shape index (κ1) is 20.0. The lowest BCUT2D eigenvalue weighted by Gasteiger charge is -2.11. The van der Waals surface area contributed by atoms with Gasteiger partial charge >= 0.3 is 0 Å². The Hall–Kier alpha value is -2.08. The van der Waals surface area contributed by atoms with Crippen LogP contribution in [0.25, 0.3) is 0 Å². The van der Waals surface area contributed by atoms with Crippen molar-refractivity contribution in [3.8, 4) is 0 Å². The van der Waals surface area contributed by atoms with Crippen molar-refractivity contribution in [3.05, 3.63) is 95.6 Å². The molecule has 0 saturated heterocycles. The van der Waals surface area contributed by atoms with Crippen molar-refractivity contribution >= 4 is 0 Å². The molecule has 2 rings (SSSR count). The van der Waals surface area contributed by atoms with Crippen molar-refractivity contribution in [2.75, 3.05) is 0 Å². The molecule has 0 heteroatoms. The molecule has 0 bridgehead atoms. The minimum atomic E-state index is 0.484. The van der Waals surface area contributed by atoms with E-state index in [-0.39, 0.29) is 0 Å². The maximum absolute atomic E-state index is 2.28. The Balaban J connectivity index is 0.000000257. The molecule has 0 aliphatic carbocycles. The summed E-state index contributed by atoms with van der Waals surface area (Å²) in [5.41, 5.74) is 4.20. The van der Waals surface area contributed by atoms with Gasteiger partial charge in [-0.25, -0.2) is 0 Å². The smallest absolute Gasteiger partial charge is 0.00610 e. The number of rotatable bonds is 5. The van der Waals surface area contributed by atoms with Gasteiger partial charge in [0.15, 0.2) is 0 Å². The normalized spacial score (nSPS) is 11.7. The van der Waals surface area contributed by atoms with Gasteiger partial charge in [-0.2, -0.15) is 0 Å². The van der Waals surface area contributed by atoms with Crippen LogP contribution in [0.4, 0.5) is 0 Å². The van der Waals surface area contributed by atoms with Crippen molar-refractivity contribution in [3.63, 3.8) is 0 Å². The van der Waals surface area contributed by atoms with Gasteiger partial charge in [-0.1, -0.05) is 107 Å². The molecule has 0 aromatic heterocycles. The zero-order chi connectivity index (χ0) is 17.8. The molecule has 0 atom stereocenters. The van der Waals surface area contributed by atoms with Gasteiger partial charge < -0.3 is 0 Å². The molecule has 0 aliphatic rings. The third kappa shape index (κ3) is 7.00. The number of benzene rings is 2. The average Bonchev–Trinajstić information content (AvgIpc) is 2.63.